The number of benzene rings is 1. The molecule has 0 aliphatic heterocycles. The highest BCUT2D eigenvalue weighted by Crippen LogP contribution is 2.16. The van der Waals surface area contributed by atoms with Crippen molar-refractivity contribution in [2.45, 2.75) is 34.1 Å². The van der Waals surface area contributed by atoms with Crippen LogP contribution in [0.3, 0.4) is 0 Å². The molecule has 1 aromatic rings. The molecule has 0 saturated heterocycles. The highest BCUT2D eigenvalue weighted by molar-refractivity contribution is 5.47. The first-order chi connectivity index (χ1) is 8.04. The second-order valence-electron chi connectivity index (χ2n) is 4.57. The summed E-state index contributed by atoms with van der Waals surface area (Å²) in [6.45, 7) is 8.70. The Morgan fingerprint density at radius 1 is 1.24 bits per heavy atom. The summed E-state index contributed by atoms with van der Waals surface area (Å²) in [5.41, 5.74) is 10.1. The van der Waals surface area contributed by atoms with Gasteiger partial charge in [0, 0.05) is 16.8 Å². The molecule has 0 aliphatic carbocycles. The first kappa shape index (κ1) is 13.4. The second-order valence-corrected chi connectivity index (χ2v) is 4.57. The average Bonchev–Trinajstić information content (AvgIpc) is 2.31. The normalized spacial score (nSPS) is 11.8. The number of nitrogen functional groups attached to an aromatic ring is 1. The zero-order valence-electron chi connectivity index (χ0n) is 11.2. The number of anilines is 1. The first-order valence-corrected chi connectivity index (χ1v) is 6.11. The van der Waals surface area contributed by atoms with Crippen molar-refractivity contribution >= 4 is 5.69 Å². The van der Waals surface area contributed by atoms with Gasteiger partial charge in [0.2, 0.25) is 0 Å². The van der Waals surface area contributed by atoms with E-state index in [-0.39, 0.29) is 0 Å². The van der Waals surface area contributed by atoms with E-state index in [1.54, 1.807) is 0 Å². The molecule has 0 fully saturated rings. The smallest absolute Gasteiger partial charge is 0.0314 e. The quantitative estimate of drug-likeness (QED) is 0.599. The summed E-state index contributed by atoms with van der Waals surface area (Å²) >= 11 is 0. The van der Waals surface area contributed by atoms with Crippen molar-refractivity contribution in [3.05, 3.63) is 41.0 Å². The van der Waals surface area contributed by atoms with Gasteiger partial charge in [-0.1, -0.05) is 38.2 Å². The lowest BCUT2D eigenvalue weighted by atomic mass is 9.97. The minimum Gasteiger partial charge on any atom is -0.399 e. The summed E-state index contributed by atoms with van der Waals surface area (Å²) in [6, 6.07) is 7.69. The lowest BCUT2D eigenvalue weighted by Crippen LogP contribution is -1.95. The van der Waals surface area contributed by atoms with Gasteiger partial charge in [-0.3, -0.25) is 0 Å². The Bertz CT molecular complexity index is 453. The maximum atomic E-state index is 5.64. The number of allylic oxidation sites excluding steroid dienone is 2. The first-order valence-electron chi connectivity index (χ1n) is 6.11. The van der Waals surface area contributed by atoms with Crippen LogP contribution in [0.2, 0.25) is 0 Å². The Labute approximate surface area is 105 Å². The maximum Gasteiger partial charge on any atom is 0.0314 e. The maximum absolute atomic E-state index is 5.64. The van der Waals surface area contributed by atoms with Gasteiger partial charge in [-0.05, 0) is 43.5 Å². The van der Waals surface area contributed by atoms with Crippen LogP contribution in [0.1, 0.15) is 39.7 Å². The molecular weight excluding hydrogens is 206 g/mol. The predicted molar refractivity (Wildman–Crippen MR) is 75.6 cm³/mol. The third kappa shape index (κ3) is 4.00. The van der Waals surface area contributed by atoms with Crippen molar-refractivity contribution in [1.82, 2.24) is 0 Å². The zero-order valence-corrected chi connectivity index (χ0v) is 11.2. The largest absolute Gasteiger partial charge is 0.399 e. The topological polar surface area (TPSA) is 26.0 Å². The molecule has 1 nitrogen and oxygen atoms in total. The summed E-state index contributed by atoms with van der Waals surface area (Å²) in [7, 11) is 0. The highest BCUT2D eigenvalue weighted by atomic mass is 14.5. The van der Waals surface area contributed by atoms with Gasteiger partial charge in [-0.15, -0.1) is 0 Å². The van der Waals surface area contributed by atoms with E-state index in [0.29, 0.717) is 5.92 Å². The van der Waals surface area contributed by atoms with E-state index in [1.165, 1.54) is 11.1 Å². The molecule has 0 heterocycles. The molecule has 2 N–H and O–H groups in total. The van der Waals surface area contributed by atoms with Crippen LogP contribution in [0.4, 0.5) is 5.69 Å². The van der Waals surface area contributed by atoms with Gasteiger partial charge in [0.1, 0.15) is 0 Å². The molecule has 0 radical (unpaired) electrons. The molecule has 0 aliphatic rings. The minimum absolute atomic E-state index is 0.483. The lowest BCUT2D eigenvalue weighted by molar-refractivity contribution is 0.778. The fraction of sp³-hybridized carbons (Fsp3) is 0.375. The highest BCUT2D eigenvalue weighted by Gasteiger charge is 2.03. The summed E-state index contributed by atoms with van der Waals surface area (Å²) in [4.78, 5) is 0. The SMILES string of the molecule is CC/C(C)=C(/C#Cc1ccc(N)cc1)C(C)C. The number of nitrogens with two attached hydrogens (primary N) is 1. The lowest BCUT2D eigenvalue weighted by Gasteiger charge is -2.08. The van der Waals surface area contributed by atoms with Crippen molar-refractivity contribution in [2.24, 2.45) is 5.92 Å². The van der Waals surface area contributed by atoms with E-state index in [0.717, 1.165) is 17.7 Å². The fourth-order valence-electron chi connectivity index (χ4n) is 1.64. The monoisotopic (exact) mass is 227 g/mol. The molecule has 1 rings (SSSR count). The Morgan fingerprint density at radius 2 is 1.82 bits per heavy atom. The van der Waals surface area contributed by atoms with Gasteiger partial charge in [0.25, 0.3) is 0 Å². The van der Waals surface area contributed by atoms with Crippen molar-refractivity contribution in [3.8, 4) is 11.8 Å². The molecule has 0 spiro atoms. The van der Waals surface area contributed by atoms with Crippen molar-refractivity contribution in [3.63, 3.8) is 0 Å². The van der Waals surface area contributed by atoms with Gasteiger partial charge in [0.05, 0.1) is 0 Å². The van der Waals surface area contributed by atoms with Crippen LogP contribution in [0.5, 0.6) is 0 Å². The van der Waals surface area contributed by atoms with Gasteiger partial charge in [0.15, 0.2) is 0 Å². The third-order valence-corrected chi connectivity index (χ3v) is 2.82. The van der Waals surface area contributed by atoms with Crippen LogP contribution in [0, 0.1) is 17.8 Å². The number of hydrogen-bond acceptors (Lipinski definition) is 1. The van der Waals surface area contributed by atoms with Gasteiger partial charge in [-0.2, -0.15) is 0 Å². The molecule has 0 saturated carbocycles. The molecule has 1 aromatic carbocycles. The van der Waals surface area contributed by atoms with Crippen LogP contribution < -0.4 is 5.73 Å². The Kier molecular flexibility index (Phi) is 4.84. The van der Waals surface area contributed by atoms with Crippen LogP contribution in [-0.4, -0.2) is 0 Å². The molecule has 0 unspecified atom stereocenters. The zero-order chi connectivity index (χ0) is 12.8. The molecule has 1 heteroatoms. The van der Waals surface area contributed by atoms with Crippen molar-refractivity contribution < 1.29 is 0 Å². The number of hydrogen-bond donors (Lipinski definition) is 1. The molecule has 0 amide bonds. The fourth-order valence-corrected chi connectivity index (χ4v) is 1.64. The number of rotatable bonds is 2. The molecule has 0 atom stereocenters. The molecular formula is C16H21N. The van der Waals surface area contributed by atoms with Gasteiger partial charge in [-0.25, -0.2) is 0 Å². The second kappa shape index (κ2) is 6.15. The van der Waals surface area contributed by atoms with Crippen LogP contribution in [-0.2, 0) is 0 Å². The molecule has 0 bridgehead atoms. The molecule has 17 heavy (non-hydrogen) atoms. The van der Waals surface area contributed by atoms with Gasteiger partial charge >= 0.3 is 0 Å². The summed E-state index contributed by atoms with van der Waals surface area (Å²) in [6.07, 6.45) is 1.06. The Morgan fingerprint density at radius 3 is 2.29 bits per heavy atom. The molecule has 0 aromatic heterocycles. The standard InChI is InChI=1S/C16H21N/c1-5-13(4)16(12(2)3)11-8-14-6-9-15(17)10-7-14/h6-7,9-10,12H,5,17H2,1-4H3/b16-13-. The average molecular weight is 227 g/mol. The summed E-state index contributed by atoms with van der Waals surface area (Å²) < 4.78 is 0. The van der Waals surface area contributed by atoms with Crippen LogP contribution in [0.25, 0.3) is 0 Å². The third-order valence-electron chi connectivity index (χ3n) is 2.82. The minimum atomic E-state index is 0.483. The predicted octanol–water partition coefficient (Wildman–Crippen LogP) is 4.00. The summed E-state index contributed by atoms with van der Waals surface area (Å²) in [5.74, 6) is 6.98. The Hall–Kier alpha value is -1.68. The van der Waals surface area contributed by atoms with E-state index >= 15 is 0 Å². The van der Waals surface area contributed by atoms with Crippen LogP contribution in [0.15, 0.2) is 35.4 Å². The molecule has 90 valence electrons. The van der Waals surface area contributed by atoms with E-state index < -0.39 is 0 Å². The van der Waals surface area contributed by atoms with E-state index in [9.17, 15) is 0 Å². The van der Waals surface area contributed by atoms with E-state index in [1.807, 2.05) is 24.3 Å². The Balaban J connectivity index is 3.00. The van der Waals surface area contributed by atoms with Crippen molar-refractivity contribution in [1.29, 1.82) is 0 Å². The van der Waals surface area contributed by atoms with Gasteiger partial charge < -0.3 is 5.73 Å². The van der Waals surface area contributed by atoms with Crippen LogP contribution >= 0.6 is 0 Å². The van der Waals surface area contributed by atoms with Crippen molar-refractivity contribution in [2.75, 3.05) is 5.73 Å². The van der Waals surface area contributed by atoms with E-state index in [4.69, 9.17) is 5.73 Å². The van der Waals surface area contributed by atoms with E-state index in [2.05, 4.69) is 39.5 Å². The summed E-state index contributed by atoms with van der Waals surface area (Å²) in [5, 5.41) is 0.